The molecule has 0 aromatic heterocycles. The quantitative estimate of drug-likeness (QED) is 0.633. The van der Waals surface area contributed by atoms with E-state index >= 15 is 0 Å². The molecule has 1 amide bonds. The van der Waals surface area contributed by atoms with Crippen molar-refractivity contribution in [3.8, 4) is 0 Å². The zero-order valence-electron chi connectivity index (χ0n) is 12.2. The van der Waals surface area contributed by atoms with E-state index in [0.717, 1.165) is 12.8 Å². The van der Waals surface area contributed by atoms with Gasteiger partial charge >= 0.3 is 0 Å². The molecule has 112 valence electrons. The second-order valence-electron chi connectivity index (χ2n) is 4.98. The van der Waals surface area contributed by atoms with Gasteiger partial charge in [0.15, 0.2) is 0 Å². The lowest BCUT2D eigenvalue weighted by Crippen LogP contribution is -2.44. The first-order valence-corrected chi connectivity index (χ1v) is 7.94. The van der Waals surface area contributed by atoms with Crippen LogP contribution in [0.1, 0.15) is 50.9 Å². The Balaban J connectivity index is 3.19. The smallest absolute Gasteiger partial charge is 0.254 e. The minimum atomic E-state index is -0.0610. The third kappa shape index (κ3) is 3.81. The molecule has 20 heavy (non-hydrogen) atoms. The van der Waals surface area contributed by atoms with E-state index in [2.05, 4.69) is 13.8 Å². The van der Waals surface area contributed by atoms with Crippen LogP contribution in [-0.2, 0) is 0 Å². The van der Waals surface area contributed by atoms with Crippen molar-refractivity contribution in [1.29, 1.82) is 0 Å². The second-order valence-corrected chi connectivity index (χ2v) is 6.17. The summed E-state index contributed by atoms with van der Waals surface area (Å²) >= 11 is 17.9. The molecule has 0 radical (unpaired) electrons. The number of rotatable bonds is 5. The Morgan fingerprint density at radius 1 is 1.05 bits per heavy atom. The highest BCUT2D eigenvalue weighted by atomic mass is 35.5. The lowest BCUT2D eigenvalue weighted by molar-refractivity contribution is 0.0598. The summed E-state index contributed by atoms with van der Waals surface area (Å²) in [5, 5.41) is 0.884. The predicted octanol–water partition coefficient (Wildman–Crippen LogP) is 5.69. The molecule has 2 atom stereocenters. The van der Waals surface area contributed by atoms with E-state index in [4.69, 9.17) is 34.8 Å². The zero-order valence-corrected chi connectivity index (χ0v) is 14.5. The maximum atomic E-state index is 12.7. The van der Waals surface area contributed by atoms with Gasteiger partial charge in [-0.05, 0) is 38.8 Å². The molecular formula is C15H20Cl3NO. The number of amides is 1. The van der Waals surface area contributed by atoms with E-state index in [9.17, 15) is 4.79 Å². The summed E-state index contributed by atoms with van der Waals surface area (Å²) in [5.74, 6) is -0.0610. The fourth-order valence-electron chi connectivity index (χ4n) is 2.06. The Kier molecular flexibility index (Phi) is 6.63. The van der Waals surface area contributed by atoms with Gasteiger partial charge in [0.2, 0.25) is 0 Å². The van der Waals surface area contributed by atoms with Crippen LogP contribution < -0.4 is 0 Å². The van der Waals surface area contributed by atoms with Crippen LogP contribution >= 0.6 is 34.8 Å². The van der Waals surface area contributed by atoms with Crippen molar-refractivity contribution in [3.63, 3.8) is 0 Å². The minimum absolute atomic E-state index is 0.0610. The third-order valence-corrected chi connectivity index (χ3v) is 4.79. The first kappa shape index (κ1) is 17.6. The highest BCUT2D eigenvalue weighted by molar-refractivity contribution is 6.48. The summed E-state index contributed by atoms with van der Waals surface area (Å²) in [6, 6.07) is 3.47. The molecule has 0 aliphatic heterocycles. The van der Waals surface area contributed by atoms with Crippen LogP contribution in [0.25, 0.3) is 0 Å². The highest BCUT2D eigenvalue weighted by Gasteiger charge is 2.25. The van der Waals surface area contributed by atoms with Crippen molar-refractivity contribution in [1.82, 2.24) is 4.90 Å². The van der Waals surface area contributed by atoms with Crippen LogP contribution in [0.5, 0.6) is 0 Å². The fraction of sp³-hybridized carbons (Fsp3) is 0.533. The predicted molar refractivity (Wildman–Crippen MR) is 87.1 cm³/mol. The average molecular weight is 337 g/mol. The molecule has 1 aromatic rings. The van der Waals surface area contributed by atoms with Gasteiger partial charge in [-0.1, -0.05) is 48.7 Å². The first-order valence-electron chi connectivity index (χ1n) is 6.80. The van der Waals surface area contributed by atoms with Crippen molar-refractivity contribution >= 4 is 40.7 Å². The Bertz CT molecular complexity index is 457. The Morgan fingerprint density at radius 2 is 1.45 bits per heavy atom. The van der Waals surface area contributed by atoms with Crippen molar-refractivity contribution < 1.29 is 4.79 Å². The lowest BCUT2D eigenvalue weighted by Gasteiger charge is -2.34. The van der Waals surface area contributed by atoms with E-state index in [1.54, 1.807) is 12.1 Å². The number of carbonyl (C=O) groups is 1. The van der Waals surface area contributed by atoms with Gasteiger partial charge in [0.25, 0.3) is 5.91 Å². The Hall–Kier alpha value is -0.440. The average Bonchev–Trinajstić information content (AvgIpc) is 2.43. The first-order chi connectivity index (χ1) is 9.33. The van der Waals surface area contributed by atoms with Crippen LogP contribution in [0, 0.1) is 0 Å². The molecule has 0 bridgehead atoms. The molecule has 1 aromatic carbocycles. The largest absolute Gasteiger partial charge is 0.333 e. The third-order valence-electron chi connectivity index (χ3n) is 3.60. The molecular weight excluding hydrogens is 317 g/mol. The molecule has 1 rings (SSSR count). The molecule has 2 unspecified atom stereocenters. The van der Waals surface area contributed by atoms with Crippen LogP contribution in [0.4, 0.5) is 0 Å². The molecule has 0 saturated carbocycles. The number of hydrogen-bond acceptors (Lipinski definition) is 1. The van der Waals surface area contributed by atoms with E-state index < -0.39 is 0 Å². The molecule has 0 N–H and O–H groups in total. The Labute approximate surface area is 136 Å². The van der Waals surface area contributed by atoms with Crippen LogP contribution in [0.2, 0.25) is 15.1 Å². The topological polar surface area (TPSA) is 20.3 Å². The summed E-state index contributed by atoms with van der Waals surface area (Å²) in [7, 11) is 0. The minimum Gasteiger partial charge on any atom is -0.333 e. The summed E-state index contributed by atoms with van der Waals surface area (Å²) in [5.41, 5.74) is 0.477. The molecule has 0 saturated heterocycles. The van der Waals surface area contributed by atoms with Crippen molar-refractivity contribution in [2.75, 3.05) is 0 Å². The lowest BCUT2D eigenvalue weighted by atomic mass is 10.1. The van der Waals surface area contributed by atoms with Gasteiger partial charge < -0.3 is 4.90 Å². The molecule has 5 heteroatoms. The molecule has 0 aliphatic rings. The van der Waals surface area contributed by atoms with Crippen LogP contribution in [0.3, 0.4) is 0 Å². The van der Waals surface area contributed by atoms with Gasteiger partial charge in [-0.3, -0.25) is 4.79 Å². The van der Waals surface area contributed by atoms with Gasteiger partial charge in [0.05, 0.1) is 15.1 Å². The van der Waals surface area contributed by atoms with Gasteiger partial charge in [-0.2, -0.15) is 0 Å². The Morgan fingerprint density at radius 3 is 1.80 bits per heavy atom. The van der Waals surface area contributed by atoms with E-state index in [1.165, 1.54) is 0 Å². The van der Waals surface area contributed by atoms with E-state index in [-0.39, 0.29) is 23.0 Å². The van der Waals surface area contributed by atoms with Gasteiger partial charge in [0.1, 0.15) is 0 Å². The SMILES string of the molecule is CCC(C)N(C(=O)c1cc(Cl)c(Cl)c(Cl)c1)C(C)CC. The number of hydrogen-bond donors (Lipinski definition) is 0. The van der Waals surface area contributed by atoms with Crippen molar-refractivity contribution in [2.24, 2.45) is 0 Å². The van der Waals surface area contributed by atoms with Crippen molar-refractivity contribution in [3.05, 3.63) is 32.8 Å². The second kappa shape index (κ2) is 7.53. The van der Waals surface area contributed by atoms with Gasteiger partial charge in [-0.25, -0.2) is 0 Å². The molecule has 2 nitrogen and oxygen atoms in total. The summed E-state index contributed by atoms with van der Waals surface area (Å²) in [6.45, 7) is 8.22. The summed E-state index contributed by atoms with van der Waals surface area (Å²) in [4.78, 5) is 14.6. The van der Waals surface area contributed by atoms with E-state index in [0.29, 0.717) is 15.6 Å². The van der Waals surface area contributed by atoms with Crippen LogP contribution in [-0.4, -0.2) is 22.9 Å². The standard InChI is InChI=1S/C15H20Cl3NO/c1-5-9(3)19(10(4)6-2)15(20)11-7-12(16)14(18)13(17)8-11/h7-10H,5-6H2,1-4H3. The monoisotopic (exact) mass is 335 g/mol. The normalized spacial score (nSPS) is 13.9. The molecule has 0 heterocycles. The summed E-state index contributed by atoms with van der Waals surface area (Å²) < 4.78 is 0. The maximum absolute atomic E-state index is 12.7. The number of benzene rings is 1. The number of halogens is 3. The number of nitrogens with zero attached hydrogens (tertiary/aromatic N) is 1. The zero-order chi connectivity index (χ0) is 15.4. The fourth-order valence-corrected chi connectivity index (χ4v) is 2.65. The van der Waals surface area contributed by atoms with Crippen LogP contribution in [0.15, 0.2) is 12.1 Å². The van der Waals surface area contributed by atoms with E-state index in [1.807, 2.05) is 18.7 Å². The highest BCUT2D eigenvalue weighted by Crippen LogP contribution is 2.32. The molecule has 0 spiro atoms. The maximum Gasteiger partial charge on any atom is 0.254 e. The number of carbonyl (C=O) groups excluding carboxylic acids is 1. The van der Waals surface area contributed by atoms with Crippen molar-refractivity contribution in [2.45, 2.75) is 52.6 Å². The molecule has 0 aliphatic carbocycles. The van der Waals surface area contributed by atoms with Gasteiger partial charge in [-0.15, -0.1) is 0 Å². The van der Waals surface area contributed by atoms with Gasteiger partial charge in [0, 0.05) is 17.6 Å². The molecule has 0 fully saturated rings. The summed E-state index contributed by atoms with van der Waals surface area (Å²) in [6.07, 6.45) is 1.79.